The minimum Gasteiger partial charge on any atom is -0.393 e. The van der Waals surface area contributed by atoms with E-state index >= 15 is 0 Å². The van der Waals surface area contributed by atoms with Crippen LogP contribution in [0.2, 0.25) is 0 Å². The van der Waals surface area contributed by atoms with Gasteiger partial charge in [0.25, 0.3) is 0 Å². The normalized spacial score (nSPS) is 11.0. The molecule has 3 rings (SSSR count). The Labute approximate surface area is 172 Å². The van der Waals surface area contributed by atoms with E-state index in [1.165, 1.54) is 5.39 Å². The van der Waals surface area contributed by atoms with E-state index in [1.807, 2.05) is 12.1 Å². The summed E-state index contributed by atoms with van der Waals surface area (Å²) in [4.78, 5) is 13.2. The minimum atomic E-state index is 0.550. The highest BCUT2D eigenvalue weighted by molar-refractivity contribution is 5.97. The van der Waals surface area contributed by atoms with Crippen molar-refractivity contribution < 1.29 is 9.47 Å². The third kappa shape index (κ3) is 4.58. The standard InChI is InChI=1S/C22H29N5O2/c1-4-27(19-11-7-9-17-8-5-6-10-18(17)19)22-20(23)21(24-16-25-22)26(12-14-28-2)13-15-29-3/h5-11,16H,4,12-15,23H2,1-3H3. The van der Waals surface area contributed by atoms with Crippen molar-refractivity contribution in [3.05, 3.63) is 48.8 Å². The summed E-state index contributed by atoms with van der Waals surface area (Å²) >= 11 is 0. The van der Waals surface area contributed by atoms with Crippen LogP contribution in [0.5, 0.6) is 0 Å². The molecule has 2 aromatic carbocycles. The van der Waals surface area contributed by atoms with Gasteiger partial charge in [0.15, 0.2) is 11.6 Å². The van der Waals surface area contributed by atoms with Crippen LogP contribution in [0, 0.1) is 0 Å². The first kappa shape index (κ1) is 20.8. The average Bonchev–Trinajstić information content (AvgIpc) is 2.76. The van der Waals surface area contributed by atoms with E-state index in [1.54, 1.807) is 20.5 Å². The molecular formula is C22H29N5O2. The number of nitrogen functional groups attached to an aromatic ring is 1. The van der Waals surface area contributed by atoms with Gasteiger partial charge in [-0.2, -0.15) is 0 Å². The number of methoxy groups -OCH3 is 2. The van der Waals surface area contributed by atoms with Crippen molar-refractivity contribution in [3.8, 4) is 0 Å². The molecule has 29 heavy (non-hydrogen) atoms. The zero-order chi connectivity index (χ0) is 20.6. The van der Waals surface area contributed by atoms with Crippen LogP contribution in [0.15, 0.2) is 48.8 Å². The van der Waals surface area contributed by atoms with Crippen LogP contribution in [0.3, 0.4) is 0 Å². The topological polar surface area (TPSA) is 76.7 Å². The Bertz CT molecular complexity index is 921. The Kier molecular flexibility index (Phi) is 7.21. The first-order chi connectivity index (χ1) is 14.2. The molecule has 0 bridgehead atoms. The van der Waals surface area contributed by atoms with Gasteiger partial charge in [-0.15, -0.1) is 0 Å². The third-order valence-corrected chi connectivity index (χ3v) is 4.90. The predicted molar refractivity (Wildman–Crippen MR) is 119 cm³/mol. The molecule has 154 valence electrons. The molecule has 3 aromatic rings. The van der Waals surface area contributed by atoms with Gasteiger partial charge in [0, 0.05) is 39.2 Å². The van der Waals surface area contributed by atoms with Crippen LogP contribution in [0.1, 0.15) is 6.92 Å². The molecule has 1 heterocycles. The van der Waals surface area contributed by atoms with Gasteiger partial charge in [0.2, 0.25) is 0 Å². The van der Waals surface area contributed by atoms with Crippen LogP contribution < -0.4 is 15.5 Å². The number of nitrogens with zero attached hydrogens (tertiary/aromatic N) is 4. The zero-order valence-electron chi connectivity index (χ0n) is 17.3. The number of fused-ring (bicyclic) bond motifs is 1. The van der Waals surface area contributed by atoms with E-state index in [4.69, 9.17) is 15.2 Å². The second-order valence-corrected chi connectivity index (χ2v) is 6.65. The summed E-state index contributed by atoms with van der Waals surface area (Å²) < 4.78 is 10.5. The maximum atomic E-state index is 6.60. The van der Waals surface area contributed by atoms with Gasteiger partial charge >= 0.3 is 0 Å². The average molecular weight is 396 g/mol. The summed E-state index contributed by atoms with van der Waals surface area (Å²) in [5.41, 5.74) is 8.22. The van der Waals surface area contributed by atoms with E-state index in [0.29, 0.717) is 43.6 Å². The highest BCUT2D eigenvalue weighted by Crippen LogP contribution is 2.36. The molecule has 7 nitrogen and oxygen atoms in total. The highest BCUT2D eigenvalue weighted by atomic mass is 16.5. The van der Waals surface area contributed by atoms with E-state index in [2.05, 4.69) is 57.0 Å². The molecular weight excluding hydrogens is 366 g/mol. The molecule has 0 unspecified atom stereocenters. The summed E-state index contributed by atoms with van der Waals surface area (Å²) in [5, 5.41) is 2.34. The molecule has 0 aliphatic carbocycles. The Hall–Kier alpha value is -2.90. The molecule has 0 radical (unpaired) electrons. The monoisotopic (exact) mass is 395 g/mol. The van der Waals surface area contributed by atoms with E-state index < -0.39 is 0 Å². The molecule has 0 saturated carbocycles. The van der Waals surface area contributed by atoms with Gasteiger partial charge in [0.05, 0.1) is 18.9 Å². The molecule has 2 N–H and O–H groups in total. The molecule has 0 atom stereocenters. The molecule has 1 aromatic heterocycles. The summed E-state index contributed by atoms with van der Waals surface area (Å²) in [6.45, 7) is 5.30. The molecule has 0 fully saturated rings. The van der Waals surface area contributed by atoms with Crippen molar-refractivity contribution in [2.75, 3.05) is 62.6 Å². The Morgan fingerprint density at radius 2 is 1.55 bits per heavy atom. The van der Waals surface area contributed by atoms with Gasteiger partial charge < -0.3 is 25.0 Å². The maximum absolute atomic E-state index is 6.60. The summed E-state index contributed by atoms with van der Waals surface area (Å²) in [7, 11) is 3.37. The fourth-order valence-corrected chi connectivity index (χ4v) is 3.45. The lowest BCUT2D eigenvalue weighted by Gasteiger charge is -2.29. The van der Waals surface area contributed by atoms with Crippen molar-refractivity contribution in [1.82, 2.24) is 9.97 Å². The molecule has 7 heteroatoms. The second-order valence-electron chi connectivity index (χ2n) is 6.65. The van der Waals surface area contributed by atoms with Gasteiger partial charge in [-0.05, 0) is 18.4 Å². The molecule has 0 aliphatic rings. The Balaban J connectivity index is 2.03. The summed E-state index contributed by atoms with van der Waals surface area (Å²) in [6, 6.07) is 14.6. The van der Waals surface area contributed by atoms with E-state index in [9.17, 15) is 0 Å². The first-order valence-electron chi connectivity index (χ1n) is 9.79. The summed E-state index contributed by atoms with van der Waals surface area (Å²) in [5.74, 6) is 1.40. The van der Waals surface area contributed by atoms with Gasteiger partial charge in [-0.3, -0.25) is 0 Å². The van der Waals surface area contributed by atoms with Crippen LogP contribution in [0.25, 0.3) is 10.8 Å². The van der Waals surface area contributed by atoms with Crippen LogP contribution in [-0.4, -0.2) is 57.0 Å². The first-order valence-corrected chi connectivity index (χ1v) is 9.79. The van der Waals surface area contributed by atoms with Crippen molar-refractivity contribution >= 4 is 33.8 Å². The number of aromatic nitrogens is 2. The smallest absolute Gasteiger partial charge is 0.161 e. The molecule has 0 spiro atoms. The Morgan fingerprint density at radius 3 is 2.24 bits per heavy atom. The molecule has 0 aliphatic heterocycles. The predicted octanol–water partition coefficient (Wildman–Crippen LogP) is 3.47. The lowest BCUT2D eigenvalue weighted by molar-refractivity contribution is 0.190. The van der Waals surface area contributed by atoms with Crippen molar-refractivity contribution in [1.29, 1.82) is 0 Å². The number of benzene rings is 2. The van der Waals surface area contributed by atoms with Gasteiger partial charge in [-0.1, -0.05) is 36.4 Å². The van der Waals surface area contributed by atoms with Crippen LogP contribution >= 0.6 is 0 Å². The van der Waals surface area contributed by atoms with Crippen LogP contribution in [-0.2, 0) is 9.47 Å². The van der Waals surface area contributed by atoms with E-state index in [-0.39, 0.29) is 0 Å². The molecule has 0 amide bonds. The lowest BCUT2D eigenvalue weighted by atomic mass is 10.1. The third-order valence-electron chi connectivity index (χ3n) is 4.90. The minimum absolute atomic E-state index is 0.550. The fourth-order valence-electron chi connectivity index (χ4n) is 3.45. The van der Waals surface area contributed by atoms with Crippen molar-refractivity contribution in [2.45, 2.75) is 6.92 Å². The van der Waals surface area contributed by atoms with Gasteiger partial charge in [0.1, 0.15) is 12.0 Å². The van der Waals surface area contributed by atoms with Gasteiger partial charge in [-0.25, -0.2) is 9.97 Å². The number of hydrogen-bond donors (Lipinski definition) is 1. The zero-order valence-corrected chi connectivity index (χ0v) is 17.3. The number of nitrogens with two attached hydrogens (primary N) is 1. The molecule has 0 saturated heterocycles. The number of hydrogen-bond acceptors (Lipinski definition) is 7. The summed E-state index contributed by atoms with van der Waals surface area (Å²) in [6.07, 6.45) is 1.57. The SMILES string of the molecule is CCN(c1ncnc(N(CCOC)CCOC)c1N)c1cccc2ccccc12. The van der Waals surface area contributed by atoms with E-state index in [0.717, 1.165) is 17.6 Å². The van der Waals surface area contributed by atoms with Crippen molar-refractivity contribution in [3.63, 3.8) is 0 Å². The number of rotatable bonds is 10. The lowest BCUT2D eigenvalue weighted by Crippen LogP contribution is -2.32. The largest absolute Gasteiger partial charge is 0.393 e. The fraction of sp³-hybridized carbons (Fsp3) is 0.364. The number of anilines is 4. The van der Waals surface area contributed by atoms with Crippen LogP contribution in [0.4, 0.5) is 23.0 Å². The highest BCUT2D eigenvalue weighted by Gasteiger charge is 2.20. The quantitative estimate of drug-likeness (QED) is 0.563. The maximum Gasteiger partial charge on any atom is 0.161 e. The van der Waals surface area contributed by atoms with Crippen molar-refractivity contribution in [2.24, 2.45) is 0 Å². The number of ether oxygens (including phenoxy) is 2. The second kappa shape index (κ2) is 10.0. The Morgan fingerprint density at radius 1 is 0.897 bits per heavy atom.